The predicted octanol–water partition coefficient (Wildman–Crippen LogP) is 3.25. The Balaban J connectivity index is 2.05. The Morgan fingerprint density at radius 3 is 2.60 bits per heavy atom. The second kappa shape index (κ2) is 6.43. The van der Waals surface area contributed by atoms with Gasteiger partial charge in [0, 0.05) is 17.8 Å². The van der Waals surface area contributed by atoms with Crippen LogP contribution in [0.4, 0.5) is 14.5 Å². The van der Waals surface area contributed by atoms with E-state index in [0.717, 1.165) is 0 Å². The number of halogens is 2. The fraction of sp³-hybridized carbons (Fsp3) is 0.133. The molecule has 2 aromatic carbocycles. The summed E-state index contributed by atoms with van der Waals surface area (Å²) in [6, 6.07) is 10.8. The van der Waals surface area contributed by atoms with Gasteiger partial charge in [0.05, 0.1) is 0 Å². The average molecular weight is 292 g/mol. The molecule has 2 aromatic rings. The van der Waals surface area contributed by atoms with Crippen molar-refractivity contribution in [3.63, 3.8) is 0 Å². The van der Waals surface area contributed by atoms with Crippen LogP contribution in [0.15, 0.2) is 42.5 Å². The first-order chi connectivity index (χ1) is 9.58. The van der Waals surface area contributed by atoms with E-state index < -0.39 is 5.82 Å². The highest BCUT2D eigenvalue weighted by Gasteiger charge is 2.07. The molecule has 0 aliphatic carbocycles. The summed E-state index contributed by atoms with van der Waals surface area (Å²) < 4.78 is 26.6. The molecule has 0 aliphatic rings. The molecule has 0 aliphatic heterocycles. The lowest BCUT2D eigenvalue weighted by molar-refractivity contribution is 0.610. The maximum absolute atomic E-state index is 13.5. The van der Waals surface area contributed by atoms with E-state index in [1.807, 2.05) is 0 Å². The molecule has 0 heterocycles. The molecule has 0 atom stereocenters. The molecule has 0 bridgehead atoms. The quantitative estimate of drug-likeness (QED) is 0.831. The summed E-state index contributed by atoms with van der Waals surface area (Å²) in [4.78, 5) is 0.123. The second-order valence-electron chi connectivity index (χ2n) is 4.32. The Labute approximate surface area is 121 Å². The third kappa shape index (κ3) is 3.51. The van der Waals surface area contributed by atoms with Gasteiger partial charge in [0.1, 0.15) is 16.6 Å². The van der Waals surface area contributed by atoms with Gasteiger partial charge in [-0.15, -0.1) is 0 Å². The van der Waals surface area contributed by atoms with Crippen LogP contribution >= 0.6 is 12.2 Å². The largest absolute Gasteiger partial charge is 0.389 e. The molecule has 0 aromatic heterocycles. The summed E-state index contributed by atoms with van der Waals surface area (Å²) in [6.45, 7) is 0.502. The Bertz CT molecular complexity index is 629. The van der Waals surface area contributed by atoms with E-state index in [0.29, 0.717) is 29.8 Å². The van der Waals surface area contributed by atoms with Gasteiger partial charge in [-0.1, -0.05) is 30.4 Å². The van der Waals surface area contributed by atoms with E-state index in [9.17, 15) is 8.78 Å². The van der Waals surface area contributed by atoms with E-state index in [1.165, 1.54) is 18.2 Å². The number of hydrogen-bond donors (Lipinski definition) is 2. The number of nitrogens with one attached hydrogen (secondary N) is 1. The molecule has 0 unspecified atom stereocenters. The van der Waals surface area contributed by atoms with Crippen molar-refractivity contribution in [2.45, 2.75) is 6.42 Å². The van der Waals surface area contributed by atoms with Crippen molar-refractivity contribution >= 4 is 22.9 Å². The van der Waals surface area contributed by atoms with Gasteiger partial charge in [0.25, 0.3) is 0 Å². The van der Waals surface area contributed by atoms with Crippen LogP contribution in [0.3, 0.4) is 0 Å². The SMILES string of the molecule is NC(=S)c1cc(F)ccc1NCCc1ccccc1F. The number of thiocarbonyl (C=S) groups is 1. The lowest BCUT2D eigenvalue weighted by Gasteiger charge is -2.11. The number of rotatable bonds is 5. The van der Waals surface area contributed by atoms with Crippen LogP contribution in [-0.2, 0) is 6.42 Å². The molecule has 5 heteroatoms. The minimum absolute atomic E-state index is 0.123. The molecule has 20 heavy (non-hydrogen) atoms. The molecule has 0 radical (unpaired) electrons. The fourth-order valence-corrected chi connectivity index (χ4v) is 2.08. The number of benzene rings is 2. The molecule has 104 valence electrons. The van der Waals surface area contributed by atoms with Crippen molar-refractivity contribution in [3.8, 4) is 0 Å². The molecule has 0 spiro atoms. The maximum Gasteiger partial charge on any atom is 0.126 e. The highest BCUT2D eigenvalue weighted by molar-refractivity contribution is 7.80. The first-order valence-corrected chi connectivity index (χ1v) is 6.55. The van der Waals surface area contributed by atoms with E-state index in [2.05, 4.69) is 5.32 Å². The number of hydrogen-bond acceptors (Lipinski definition) is 2. The van der Waals surface area contributed by atoms with Gasteiger partial charge in [0.15, 0.2) is 0 Å². The predicted molar refractivity (Wildman–Crippen MR) is 80.9 cm³/mol. The highest BCUT2D eigenvalue weighted by atomic mass is 32.1. The zero-order valence-electron chi connectivity index (χ0n) is 10.7. The van der Waals surface area contributed by atoms with Crippen LogP contribution in [0.1, 0.15) is 11.1 Å². The van der Waals surface area contributed by atoms with E-state index in [4.69, 9.17) is 18.0 Å². The Morgan fingerprint density at radius 2 is 1.90 bits per heavy atom. The summed E-state index contributed by atoms with van der Waals surface area (Å²) in [5.41, 5.74) is 7.28. The molecule has 0 fully saturated rings. The third-order valence-electron chi connectivity index (χ3n) is 2.91. The Hall–Kier alpha value is -2.01. The lowest BCUT2D eigenvalue weighted by atomic mass is 10.1. The molecule has 2 rings (SSSR count). The summed E-state index contributed by atoms with van der Waals surface area (Å²) >= 11 is 4.88. The standard InChI is InChI=1S/C15H14F2N2S/c16-11-5-6-14(12(9-11)15(18)20)19-8-7-10-3-1-2-4-13(10)17/h1-6,9,19H,7-8H2,(H2,18,20). The van der Waals surface area contributed by atoms with Gasteiger partial charge >= 0.3 is 0 Å². The molecule has 0 saturated heterocycles. The van der Waals surface area contributed by atoms with E-state index >= 15 is 0 Å². The molecule has 2 nitrogen and oxygen atoms in total. The van der Waals surface area contributed by atoms with Crippen LogP contribution in [-0.4, -0.2) is 11.5 Å². The number of anilines is 1. The van der Waals surface area contributed by atoms with Crippen molar-refractivity contribution < 1.29 is 8.78 Å². The first-order valence-electron chi connectivity index (χ1n) is 6.14. The molecule has 0 saturated carbocycles. The summed E-state index contributed by atoms with van der Waals surface area (Å²) in [6.07, 6.45) is 0.515. The highest BCUT2D eigenvalue weighted by Crippen LogP contribution is 2.17. The van der Waals surface area contributed by atoms with Gasteiger partial charge in [-0.25, -0.2) is 8.78 Å². The lowest BCUT2D eigenvalue weighted by Crippen LogP contribution is -2.15. The normalized spacial score (nSPS) is 10.3. The topological polar surface area (TPSA) is 38.0 Å². The average Bonchev–Trinajstić information content (AvgIpc) is 2.42. The molecular weight excluding hydrogens is 278 g/mol. The van der Waals surface area contributed by atoms with Crippen molar-refractivity contribution in [1.82, 2.24) is 0 Å². The van der Waals surface area contributed by atoms with E-state index in [1.54, 1.807) is 24.3 Å². The van der Waals surface area contributed by atoms with Crippen LogP contribution in [0.25, 0.3) is 0 Å². The second-order valence-corrected chi connectivity index (χ2v) is 4.76. The van der Waals surface area contributed by atoms with Crippen molar-refractivity contribution in [1.29, 1.82) is 0 Å². The molecule has 0 amide bonds. The van der Waals surface area contributed by atoms with Gasteiger partial charge in [0.2, 0.25) is 0 Å². The van der Waals surface area contributed by atoms with Gasteiger partial charge in [-0.3, -0.25) is 0 Å². The first kappa shape index (κ1) is 14.4. The van der Waals surface area contributed by atoms with Crippen LogP contribution in [0.5, 0.6) is 0 Å². The number of nitrogens with two attached hydrogens (primary N) is 1. The van der Waals surface area contributed by atoms with Gasteiger partial charge < -0.3 is 11.1 Å². The fourth-order valence-electron chi connectivity index (χ4n) is 1.91. The summed E-state index contributed by atoms with van der Waals surface area (Å²) in [5, 5.41) is 3.10. The zero-order chi connectivity index (χ0) is 14.5. The Morgan fingerprint density at radius 1 is 1.15 bits per heavy atom. The van der Waals surface area contributed by atoms with Crippen LogP contribution in [0.2, 0.25) is 0 Å². The zero-order valence-corrected chi connectivity index (χ0v) is 11.5. The van der Waals surface area contributed by atoms with Crippen molar-refractivity contribution in [3.05, 3.63) is 65.2 Å². The van der Waals surface area contributed by atoms with E-state index in [-0.39, 0.29) is 10.8 Å². The van der Waals surface area contributed by atoms with Crippen LogP contribution in [0, 0.1) is 11.6 Å². The molecular formula is C15H14F2N2S. The van der Waals surface area contributed by atoms with Crippen molar-refractivity contribution in [2.75, 3.05) is 11.9 Å². The minimum Gasteiger partial charge on any atom is -0.389 e. The molecule has 3 N–H and O–H groups in total. The minimum atomic E-state index is -0.396. The smallest absolute Gasteiger partial charge is 0.126 e. The van der Waals surface area contributed by atoms with Crippen molar-refractivity contribution in [2.24, 2.45) is 5.73 Å². The summed E-state index contributed by atoms with van der Waals surface area (Å²) in [5.74, 6) is -0.629. The summed E-state index contributed by atoms with van der Waals surface area (Å²) in [7, 11) is 0. The maximum atomic E-state index is 13.5. The monoisotopic (exact) mass is 292 g/mol. The third-order valence-corrected chi connectivity index (χ3v) is 3.13. The Kier molecular flexibility index (Phi) is 4.63. The van der Waals surface area contributed by atoms with Crippen LogP contribution < -0.4 is 11.1 Å². The van der Waals surface area contributed by atoms with Gasteiger partial charge in [-0.05, 0) is 36.2 Å². The van der Waals surface area contributed by atoms with Gasteiger partial charge in [-0.2, -0.15) is 0 Å².